The van der Waals surface area contributed by atoms with Crippen molar-refractivity contribution >= 4 is 51.9 Å². The third kappa shape index (κ3) is 3.92. The minimum atomic E-state index is -0.423. The van der Waals surface area contributed by atoms with Crippen LogP contribution in [0.4, 0.5) is 5.69 Å². The molecule has 0 spiro atoms. The van der Waals surface area contributed by atoms with Gasteiger partial charge in [-0.3, -0.25) is 9.69 Å². The van der Waals surface area contributed by atoms with Gasteiger partial charge in [-0.15, -0.1) is 0 Å². The molecule has 1 aliphatic rings. The van der Waals surface area contributed by atoms with E-state index in [4.69, 9.17) is 12.2 Å². The van der Waals surface area contributed by atoms with Crippen LogP contribution in [0.15, 0.2) is 71.7 Å². The minimum Gasteiger partial charge on any atom is -0.465 e. The van der Waals surface area contributed by atoms with Gasteiger partial charge in [0.25, 0.3) is 5.91 Å². The number of carbonyl (C=O) groups is 2. The second-order valence-corrected chi connectivity index (χ2v) is 7.02. The number of benzene rings is 2. The van der Waals surface area contributed by atoms with Crippen molar-refractivity contribution in [3.05, 3.63) is 82.8 Å². The third-order valence-electron chi connectivity index (χ3n) is 3.68. The van der Waals surface area contributed by atoms with Crippen molar-refractivity contribution in [1.29, 1.82) is 0 Å². The molecule has 0 radical (unpaired) electrons. The van der Waals surface area contributed by atoms with Crippen LogP contribution in [0.5, 0.6) is 0 Å². The van der Waals surface area contributed by atoms with Crippen LogP contribution in [0.25, 0.3) is 6.08 Å². The first-order chi connectivity index (χ1) is 12.6. The lowest BCUT2D eigenvalue weighted by atomic mass is 10.2. The van der Waals surface area contributed by atoms with Gasteiger partial charge in [0.2, 0.25) is 0 Å². The molecule has 0 saturated carbocycles. The number of thioether (sulfide) groups is 1. The number of amides is 1. The molecule has 2 aromatic rings. The SMILES string of the molecule is COC(=O)c1ccc(N2C(=O)/C(=C/C=C\c3ccccc3)SC2=S)cc1. The van der Waals surface area contributed by atoms with E-state index in [0.29, 0.717) is 20.5 Å². The Kier molecular flexibility index (Phi) is 5.65. The van der Waals surface area contributed by atoms with E-state index >= 15 is 0 Å². The van der Waals surface area contributed by atoms with Crippen molar-refractivity contribution in [2.24, 2.45) is 0 Å². The van der Waals surface area contributed by atoms with Crippen LogP contribution in [-0.4, -0.2) is 23.3 Å². The number of allylic oxidation sites excluding steroid dienone is 2. The maximum atomic E-state index is 12.7. The Labute approximate surface area is 161 Å². The Balaban J connectivity index is 1.77. The van der Waals surface area contributed by atoms with Gasteiger partial charge in [0.1, 0.15) is 0 Å². The fourth-order valence-corrected chi connectivity index (χ4v) is 3.63. The highest BCUT2D eigenvalue weighted by atomic mass is 32.2. The molecule has 1 heterocycles. The third-order valence-corrected chi connectivity index (χ3v) is 5.00. The summed E-state index contributed by atoms with van der Waals surface area (Å²) in [6, 6.07) is 16.4. The van der Waals surface area contributed by atoms with Gasteiger partial charge in [-0.2, -0.15) is 0 Å². The molecule has 130 valence electrons. The van der Waals surface area contributed by atoms with E-state index in [0.717, 1.165) is 5.56 Å². The highest BCUT2D eigenvalue weighted by molar-refractivity contribution is 8.27. The van der Waals surface area contributed by atoms with Crippen LogP contribution in [0.1, 0.15) is 15.9 Å². The summed E-state index contributed by atoms with van der Waals surface area (Å²) >= 11 is 6.59. The van der Waals surface area contributed by atoms with Crippen molar-refractivity contribution in [3.8, 4) is 0 Å². The summed E-state index contributed by atoms with van der Waals surface area (Å²) in [5.41, 5.74) is 2.09. The molecule has 1 amide bonds. The molecule has 2 aromatic carbocycles. The summed E-state index contributed by atoms with van der Waals surface area (Å²) in [6.07, 6.45) is 5.52. The number of ether oxygens (including phenoxy) is 1. The normalized spacial score (nSPS) is 15.9. The standard InChI is InChI=1S/C20H15NO3S2/c1-24-19(23)15-10-12-16(13-11-15)21-18(22)17(26-20(21)25)9-5-8-14-6-3-2-4-7-14/h2-13H,1H3/b8-5-,17-9-. The number of nitrogens with zero attached hydrogens (tertiary/aromatic N) is 1. The summed E-state index contributed by atoms with van der Waals surface area (Å²) < 4.78 is 5.13. The zero-order valence-electron chi connectivity index (χ0n) is 13.9. The number of methoxy groups -OCH3 is 1. The summed E-state index contributed by atoms with van der Waals surface area (Å²) in [7, 11) is 1.33. The maximum Gasteiger partial charge on any atom is 0.337 e. The molecule has 26 heavy (non-hydrogen) atoms. The number of hydrogen-bond donors (Lipinski definition) is 0. The molecule has 0 N–H and O–H groups in total. The quantitative estimate of drug-likeness (QED) is 0.445. The molecular weight excluding hydrogens is 366 g/mol. The molecule has 3 rings (SSSR count). The molecule has 1 aliphatic heterocycles. The number of anilines is 1. The van der Waals surface area contributed by atoms with E-state index in [9.17, 15) is 9.59 Å². The summed E-state index contributed by atoms with van der Waals surface area (Å²) in [4.78, 5) is 26.2. The van der Waals surface area contributed by atoms with Gasteiger partial charge in [0.05, 0.1) is 23.3 Å². The molecule has 1 saturated heterocycles. The fourth-order valence-electron chi connectivity index (χ4n) is 2.38. The molecule has 1 fully saturated rings. The second-order valence-electron chi connectivity index (χ2n) is 5.35. The van der Waals surface area contributed by atoms with Gasteiger partial charge >= 0.3 is 5.97 Å². The van der Waals surface area contributed by atoms with Crippen LogP contribution < -0.4 is 4.90 Å². The predicted octanol–water partition coefficient (Wildman–Crippen LogP) is 4.44. The molecule has 6 heteroatoms. The average Bonchev–Trinajstić information content (AvgIpc) is 2.95. The highest BCUT2D eigenvalue weighted by Crippen LogP contribution is 2.35. The Morgan fingerprint density at radius 2 is 1.81 bits per heavy atom. The van der Waals surface area contributed by atoms with E-state index < -0.39 is 5.97 Å². The Morgan fingerprint density at radius 3 is 2.46 bits per heavy atom. The zero-order chi connectivity index (χ0) is 18.5. The molecule has 0 bridgehead atoms. The van der Waals surface area contributed by atoms with Gasteiger partial charge in [-0.25, -0.2) is 4.79 Å². The molecule has 0 aliphatic carbocycles. The molecule has 4 nitrogen and oxygen atoms in total. The Hall–Kier alpha value is -2.70. The van der Waals surface area contributed by atoms with E-state index in [2.05, 4.69) is 4.74 Å². The zero-order valence-corrected chi connectivity index (χ0v) is 15.5. The first-order valence-corrected chi connectivity index (χ1v) is 9.00. The van der Waals surface area contributed by atoms with Crippen molar-refractivity contribution in [3.63, 3.8) is 0 Å². The van der Waals surface area contributed by atoms with Crippen molar-refractivity contribution in [2.45, 2.75) is 0 Å². The molecule has 0 unspecified atom stereocenters. The topological polar surface area (TPSA) is 46.6 Å². The molecule has 0 atom stereocenters. The fraction of sp³-hybridized carbons (Fsp3) is 0.0500. The number of carbonyl (C=O) groups excluding carboxylic acids is 2. The Bertz CT molecular complexity index is 902. The summed E-state index contributed by atoms with van der Waals surface area (Å²) in [5.74, 6) is -0.601. The van der Waals surface area contributed by atoms with Gasteiger partial charge < -0.3 is 4.74 Å². The van der Waals surface area contributed by atoms with E-state index in [1.165, 1.54) is 23.8 Å². The van der Waals surface area contributed by atoms with Crippen molar-refractivity contribution < 1.29 is 14.3 Å². The molecule has 0 aromatic heterocycles. The van der Waals surface area contributed by atoms with Gasteiger partial charge in [0.15, 0.2) is 4.32 Å². The van der Waals surface area contributed by atoms with Crippen LogP contribution in [0.3, 0.4) is 0 Å². The van der Waals surface area contributed by atoms with Crippen molar-refractivity contribution in [1.82, 2.24) is 0 Å². The lowest BCUT2D eigenvalue weighted by Gasteiger charge is -2.14. The predicted molar refractivity (Wildman–Crippen MR) is 109 cm³/mol. The molecular formula is C20H15NO3S2. The van der Waals surface area contributed by atoms with E-state index in [-0.39, 0.29) is 5.91 Å². The largest absolute Gasteiger partial charge is 0.465 e. The minimum absolute atomic E-state index is 0.177. The lowest BCUT2D eigenvalue weighted by Crippen LogP contribution is -2.27. The van der Waals surface area contributed by atoms with Crippen LogP contribution in [0, 0.1) is 0 Å². The monoisotopic (exact) mass is 381 g/mol. The Morgan fingerprint density at radius 1 is 1.12 bits per heavy atom. The van der Waals surface area contributed by atoms with Crippen LogP contribution >= 0.6 is 24.0 Å². The van der Waals surface area contributed by atoms with Gasteiger partial charge in [-0.05, 0) is 35.9 Å². The first-order valence-electron chi connectivity index (χ1n) is 7.78. The van der Waals surface area contributed by atoms with E-state index in [1.54, 1.807) is 30.3 Å². The summed E-state index contributed by atoms with van der Waals surface area (Å²) in [6.45, 7) is 0. The second kappa shape index (κ2) is 8.12. The smallest absolute Gasteiger partial charge is 0.337 e. The summed E-state index contributed by atoms with van der Waals surface area (Å²) in [5, 5.41) is 0. The lowest BCUT2D eigenvalue weighted by molar-refractivity contribution is -0.113. The number of rotatable bonds is 4. The van der Waals surface area contributed by atoms with E-state index in [1.807, 2.05) is 42.5 Å². The number of thiocarbonyl (C=S) groups is 1. The van der Waals surface area contributed by atoms with Crippen LogP contribution in [0.2, 0.25) is 0 Å². The average molecular weight is 381 g/mol. The van der Waals surface area contributed by atoms with Crippen LogP contribution in [-0.2, 0) is 9.53 Å². The number of esters is 1. The van der Waals surface area contributed by atoms with Crippen molar-refractivity contribution in [2.75, 3.05) is 12.0 Å². The van der Waals surface area contributed by atoms with Gasteiger partial charge in [-0.1, -0.05) is 66.5 Å². The first kappa shape index (κ1) is 18.1. The highest BCUT2D eigenvalue weighted by Gasteiger charge is 2.32. The number of hydrogen-bond acceptors (Lipinski definition) is 5. The van der Waals surface area contributed by atoms with Gasteiger partial charge in [0, 0.05) is 0 Å². The maximum absolute atomic E-state index is 12.7.